The molecule has 154 valence electrons. The first kappa shape index (κ1) is 19.8. The molecule has 30 heavy (non-hydrogen) atoms. The van der Waals surface area contributed by atoms with Gasteiger partial charge in [-0.1, -0.05) is 13.0 Å². The largest absolute Gasteiger partial charge is 0.311 e. The van der Waals surface area contributed by atoms with Gasteiger partial charge in [-0.05, 0) is 31.0 Å². The van der Waals surface area contributed by atoms with Crippen molar-refractivity contribution in [2.75, 3.05) is 16.8 Å². The number of nitrogens with one attached hydrogen (secondary N) is 1. The Bertz CT molecular complexity index is 1050. The van der Waals surface area contributed by atoms with Crippen molar-refractivity contribution in [3.63, 3.8) is 0 Å². The molecule has 8 heteroatoms. The lowest BCUT2D eigenvalue weighted by molar-refractivity contribution is -0.122. The first-order valence-corrected chi connectivity index (χ1v) is 10.0. The van der Waals surface area contributed by atoms with E-state index >= 15 is 0 Å². The van der Waals surface area contributed by atoms with Gasteiger partial charge in [0.2, 0.25) is 11.8 Å². The third-order valence-corrected chi connectivity index (χ3v) is 5.03. The van der Waals surface area contributed by atoms with Gasteiger partial charge in [0.05, 0.1) is 5.69 Å². The number of hydrogen-bond donors (Lipinski definition) is 1. The molecule has 0 spiro atoms. The number of anilines is 2. The molecule has 1 atom stereocenters. The number of fused-ring (bicyclic) bond motifs is 1. The number of carbonyl (C=O) groups excluding carboxylic acids is 2. The van der Waals surface area contributed by atoms with E-state index in [1.54, 1.807) is 29.6 Å². The zero-order valence-electron chi connectivity index (χ0n) is 17.1. The van der Waals surface area contributed by atoms with Crippen LogP contribution >= 0.6 is 0 Å². The van der Waals surface area contributed by atoms with Gasteiger partial charge in [0, 0.05) is 61.7 Å². The molecule has 0 bridgehead atoms. The molecule has 3 aromatic rings. The average Bonchev–Trinajstić information content (AvgIpc) is 3.12. The fraction of sp³-hybridized carbons (Fsp3) is 0.318. The van der Waals surface area contributed by atoms with E-state index in [0.29, 0.717) is 18.3 Å². The second-order valence-electron chi connectivity index (χ2n) is 7.66. The first-order chi connectivity index (χ1) is 14.5. The minimum absolute atomic E-state index is 0.0715. The number of rotatable bonds is 5. The number of nitrogens with zero attached hydrogens (tertiary/aromatic N) is 5. The van der Waals surface area contributed by atoms with Crippen molar-refractivity contribution in [3.05, 3.63) is 54.6 Å². The Balaban J connectivity index is 1.33. The Morgan fingerprint density at radius 1 is 1.13 bits per heavy atom. The SMILES string of the molecule is Cc1cc2n(n1)C[C@H](C)CN2C(=O)CCC(=O)Nc1ccc(-c2cccnc2)cn1. The molecule has 0 radical (unpaired) electrons. The third-order valence-electron chi connectivity index (χ3n) is 5.03. The first-order valence-electron chi connectivity index (χ1n) is 10.0. The summed E-state index contributed by atoms with van der Waals surface area (Å²) in [6.07, 6.45) is 5.40. The number of pyridine rings is 2. The second-order valence-corrected chi connectivity index (χ2v) is 7.66. The number of hydrogen-bond acceptors (Lipinski definition) is 5. The molecule has 4 rings (SSSR count). The molecule has 1 aliphatic rings. The number of aromatic nitrogens is 4. The van der Waals surface area contributed by atoms with E-state index < -0.39 is 0 Å². The molecule has 0 unspecified atom stereocenters. The maximum atomic E-state index is 12.8. The highest BCUT2D eigenvalue weighted by atomic mass is 16.2. The topological polar surface area (TPSA) is 93.0 Å². The zero-order chi connectivity index (χ0) is 21.1. The van der Waals surface area contributed by atoms with Crippen LogP contribution in [0.5, 0.6) is 0 Å². The van der Waals surface area contributed by atoms with Crippen molar-refractivity contribution >= 4 is 23.5 Å². The summed E-state index contributed by atoms with van der Waals surface area (Å²) in [4.78, 5) is 35.2. The number of amides is 2. The third kappa shape index (κ3) is 4.37. The maximum absolute atomic E-state index is 12.8. The molecule has 0 aliphatic carbocycles. The Hall–Kier alpha value is -3.55. The highest BCUT2D eigenvalue weighted by Gasteiger charge is 2.27. The fourth-order valence-electron chi connectivity index (χ4n) is 3.60. The van der Waals surface area contributed by atoms with Crippen molar-refractivity contribution in [3.8, 4) is 11.1 Å². The summed E-state index contributed by atoms with van der Waals surface area (Å²) in [7, 11) is 0. The van der Waals surface area contributed by atoms with Gasteiger partial charge < -0.3 is 5.32 Å². The zero-order valence-corrected chi connectivity index (χ0v) is 17.1. The predicted octanol–water partition coefficient (Wildman–Crippen LogP) is 3.05. The van der Waals surface area contributed by atoms with Crippen LogP contribution in [0.3, 0.4) is 0 Å². The molecular weight excluding hydrogens is 380 g/mol. The summed E-state index contributed by atoms with van der Waals surface area (Å²) in [5.74, 6) is 1.28. The summed E-state index contributed by atoms with van der Waals surface area (Å²) < 4.78 is 1.87. The maximum Gasteiger partial charge on any atom is 0.228 e. The Morgan fingerprint density at radius 3 is 2.70 bits per heavy atom. The highest BCUT2D eigenvalue weighted by molar-refractivity contribution is 5.97. The molecule has 0 fully saturated rings. The molecule has 2 amide bonds. The summed E-state index contributed by atoms with van der Waals surface area (Å²) in [5, 5.41) is 7.20. The summed E-state index contributed by atoms with van der Waals surface area (Å²) >= 11 is 0. The van der Waals surface area contributed by atoms with Gasteiger partial charge in [0.1, 0.15) is 11.6 Å². The lowest BCUT2D eigenvalue weighted by Gasteiger charge is -2.31. The quantitative estimate of drug-likeness (QED) is 0.705. The van der Waals surface area contributed by atoms with Crippen LogP contribution in [-0.4, -0.2) is 38.1 Å². The molecule has 3 aromatic heterocycles. The monoisotopic (exact) mass is 404 g/mol. The van der Waals surface area contributed by atoms with Crippen molar-refractivity contribution in [2.24, 2.45) is 5.92 Å². The van der Waals surface area contributed by atoms with E-state index in [1.807, 2.05) is 35.9 Å². The normalized spacial score (nSPS) is 15.5. The molecule has 8 nitrogen and oxygen atoms in total. The molecule has 1 aliphatic heterocycles. The molecule has 0 aromatic carbocycles. The predicted molar refractivity (Wildman–Crippen MR) is 114 cm³/mol. The molecule has 1 N–H and O–H groups in total. The standard InChI is InChI=1S/C22H24N6O2/c1-15-13-27(21-10-16(2)26-28(21)14-15)22(30)8-7-20(29)25-19-6-5-18(12-24-19)17-4-3-9-23-11-17/h3-6,9-12,15H,7-8,13-14H2,1-2H3,(H,24,25,29)/t15-/m1/s1. The van der Waals surface area contributed by atoms with Crippen molar-refractivity contribution < 1.29 is 9.59 Å². The number of carbonyl (C=O) groups is 2. The smallest absolute Gasteiger partial charge is 0.228 e. The summed E-state index contributed by atoms with van der Waals surface area (Å²) in [6.45, 7) is 5.45. The van der Waals surface area contributed by atoms with E-state index in [1.165, 1.54) is 0 Å². The minimum atomic E-state index is -0.236. The Kier molecular flexibility index (Phi) is 5.56. The van der Waals surface area contributed by atoms with E-state index in [2.05, 4.69) is 27.3 Å². The lowest BCUT2D eigenvalue weighted by Crippen LogP contribution is -2.41. The van der Waals surface area contributed by atoms with Crippen LogP contribution in [0.25, 0.3) is 11.1 Å². The second kappa shape index (κ2) is 8.44. The van der Waals surface area contributed by atoms with Gasteiger partial charge in [-0.15, -0.1) is 0 Å². The van der Waals surface area contributed by atoms with E-state index in [9.17, 15) is 9.59 Å². The van der Waals surface area contributed by atoms with Gasteiger partial charge in [0.25, 0.3) is 0 Å². The van der Waals surface area contributed by atoms with Gasteiger partial charge in [-0.2, -0.15) is 5.10 Å². The van der Waals surface area contributed by atoms with Crippen LogP contribution in [0, 0.1) is 12.8 Å². The van der Waals surface area contributed by atoms with E-state index in [4.69, 9.17) is 0 Å². The number of aryl methyl sites for hydroxylation is 1. The molecule has 4 heterocycles. The van der Waals surface area contributed by atoms with Crippen LogP contribution < -0.4 is 10.2 Å². The van der Waals surface area contributed by atoms with Crippen LogP contribution in [-0.2, 0) is 16.1 Å². The van der Waals surface area contributed by atoms with Crippen LogP contribution in [0.15, 0.2) is 48.9 Å². The Labute approximate surface area is 175 Å². The van der Waals surface area contributed by atoms with Crippen LogP contribution in [0.2, 0.25) is 0 Å². The van der Waals surface area contributed by atoms with Crippen LogP contribution in [0.4, 0.5) is 11.6 Å². The van der Waals surface area contributed by atoms with Crippen molar-refractivity contribution in [1.29, 1.82) is 0 Å². The highest BCUT2D eigenvalue weighted by Crippen LogP contribution is 2.25. The minimum Gasteiger partial charge on any atom is -0.311 e. The summed E-state index contributed by atoms with van der Waals surface area (Å²) in [6, 6.07) is 9.35. The van der Waals surface area contributed by atoms with Gasteiger partial charge in [-0.25, -0.2) is 9.67 Å². The Morgan fingerprint density at radius 2 is 1.97 bits per heavy atom. The fourth-order valence-corrected chi connectivity index (χ4v) is 3.60. The molecular formula is C22H24N6O2. The van der Waals surface area contributed by atoms with Gasteiger partial charge >= 0.3 is 0 Å². The lowest BCUT2D eigenvalue weighted by atomic mass is 10.1. The van der Waals surface area contributed by atoms with Crippen molar-refractivity contribution in [2.45, 2.75) is 33.2 Å². The molecule has 0 saturated heterocycles. The van der Waals surface area contributed by atoms with E-state index in [-0.39, 0.29) is 24.7 Å². The van der Waals surface area contributed by atoms with Gasteiger partial charge in [0.15, 0.2) is 0 Å². The molecule has 0 saturated carbocycles. The van der Waals surface area contributed by atoms with Crippen LogP contribution in [0.1, 0.15) is 25.5 Å². The van der Waals surface area contributed by atoms with E-state index in [0.717, 1.165) is 29.2 Å². The van der Waals surface area contributed by atoms with Crippen molar-refractivity contribution in [1.82, 2.24) is 19.7 Å². The summed E-state index contributed by atoms with van der Waals surface area (Å²) in [5.41, 5.74) is 2.76. The van der Waals surface area contributed by atoms with Gasteiger partial charge in [-0.3, -0.25) is 19.5 Å². The average molecular weight is 404 g/mol.